The topological polar surface area (TPSA) is 105 Å². The molecule has 214 valence electrons. The number of nitrogens with one attached hydrogen (secondary N) is 1. The van der Waals surface area contributed by atoms with E-state index in [0.717, 1.165) is 15.4 Å². The first-order valence-corrected chi connectivity index (χ1v) is 14.4. The Labute approximate surface area is 236 Å². The molecule has 3 aromatic rings. The lowest BCUT2D eigenvalue weighted by atomic mass is 10.1. The highest BCUT2D eigenvalue weighted by molar-refractivity contribution is 7.92. The van der Waals surface area contributed by atoms with Crippen molar-refractivity contribution in [2.75, 3.05) is 25.1 Å². The van der Waals surface area contributed by atoms with Gasteiger partial charge in [0.15, 0.2) is 0 Å². The lowest BCUT2D eigenvalue weighted by molar-refractivity contribution is -0.139. The van der Waals surface area contributed by atoms with Crippen LogP contribution in [0.1, 0.15) is 31.9 Å². The summed E-state index contributed by atoms with van der Waals surface area (Å²) in [7, 11) is -1.21. The zero-order valence-corrected chi connectivity index (χ0v) is 24.6. The van der Waals surface area contributed by atoms with Gasteiger partial charge in [0.05, 0.1) is 24.8 Å². The molecule has 1 N–H and O–H groups in total. The van der Waals surface area contributed by atoms with Gasteiger partial charge in [-0.3, -0.25) is 13.9 Å². The van der Waals surface area contributed by atoms with Gasteiger partial charge in [-0.25, -0.2) is 8.42 Å². The zero-order valence-electron chi connectivity index (χ0n) is 23.7. The maximum Gasteiger partial charge on any atom is 0.264 e. The van der Waals surface area contributed by atoms with Crippen LogP contribution in [0.25, 0.3) is 0 Å². The van der Waals surface area contributed by atoms with Crippen molar-refractivity contribution >= 4 is 27.5 Å². The van der Waals surface area contributed by atoms with Gasteiger partial charge in [-0.05, 0) is 75.2 Å². The van der Waals surface area contributed by atoms with E-state index >= 15 is 0 Å². The molecule has 0 spiro atoms. The average Bonchev–Trinajstić information content (AvgIpc) is 2.94. The number of carbonyl (C=O) groups is 2. The summed E-state index contributed by atoms with van der Waals surface area (Å²) in [6, 6.07) is 19.2. The molecule has 3 rings (SSSR count). The monoisotopic (exact) mass is 567 g/mol. The van der Waals surface area contributed by atoms with Crippen LogP contribution in [0.5, 0.6) is 11.5 Å². The summed E-state index contributed by atoms with van der Waals surface area (Å²) in [6.07, 6.45) is 0. The Bertz CT molecular complexity index is 1430. The van der Waals surface area contributed by atoms with E-state index in [1.165, 1.54) is 24.1 Å². The molecule has 9 nitrogen and oxygen atoms in total. The smallest absolute Gasteiger partial charge is 0.264 e. The zero-order chi connectivity index (χ0) is 29.4. The van der Waals surface area contributed by atoms with Crippen molar-refractivity contribution < 1.29 is 27.5 Å². The minimum absolute atomic E-state index is 0.0244. The highest BCUT2D eigenvalue weighted by Gasteiger charge is 2.34. The van der Waals surface area contributed by atoms with E-state index in [9.17, 15) is 18.0 Å². The number of anilines is 1. The van der Waals surface area contributed by atoms with Crippen molar-refractivity contribution in [1.29, 1.82) is 0 Å². The van der Waals surface area contributed by atoms with Gasteiger partial charge < -0.3 is 19.7 Å². The van der Waals surface area contributed by atoms with Crippen LogP contribution in [0.3, 0.4) is 0 Å². The van der Waals surface area contributed by atoms with E-state index in [0.29, 0.717) is 11.5 Å². The fourth-order valence-corrected chi connectivity index (χ4v) is 5.62. The third kappa shape index (κ3) is 7.32. The second-order valence-corrected chi connectivity index (χ2v) is 11.6. The predicted molar refractivity (Wildman–Crippen MR) is 155 cm³/mol. The molecule has 0 fully saturated rings. The number of nitrogens with zero attached hydrogens (tertiary/aromatic N) is 2. The van der Waals surface area contributed by atoms with E-state index in [2.05, 4.69) is 5.32 Å². The summed E-state index contributed by atoms with van der Waals surface area (Å²) >= 11 is 0. The number of benzene rings is 3. The van der Waals surface area contributed by atoms with E-state index < -0.39 is 28.5 Å². The van der Waals surface area contributed by atoms with Gasteiger partial charge in [0, 0.05) is 12.6 Å². The number of sulfonamides is 1. The maximum absolute atomic E-state index is 14.0. The Morgan fingerprint density at radius 2 is 1.60 bits per heavy atom. The third-order valence-corrected chi connectivity index (χ3v) is 8.07. The summed E-state index contributed by atoms with van der Waals surface area (Å²) in [6.45, 7) is 6.62. The van der Waals surface area contributed by atoms with Crippen molar-refractivity contribution in [1.82, 2.24) is 10.2 Å². The molecule has 0 bridgehead atoms. The molecular formula is C30H37N3O6S. The molecule has 3 aromatic carbocycles. The summed E-state index contributed by atoms with van der Waals surface area (Å²) in [5.41, 5.74) is 1.73. The van der Waals surface area contributed by atoms with E-state index in [4.69, 9.17) is 9.47 Å². The SMILES string of the molecule is COc1cccc(CN(C(=O)CN(c2cc(C)ccc2OC)S(=O)(=O)c2ccccc2)C(C)C(=O)NC(C)C)c1. The first-order valence-electron chi connectivity index (χ1n) is 12.9. The molecule has 0 radical (unpaired) electrons. The summed E-state index contributed by atoms with van der Waals surface area (Å²) in [5.74, 6) is -0.0149. The van der Waals surface area contributed by atoms with Gasteiger partial charge in [-0.15, -0.1) is 0 Å². The van der Waals surface area contributed by atoms with Gasteiger partial charge in [-0.2, -0.15) is 0 Å². The Hall–Kier alpha value is -4.05. The van der Waals surface area contributed by atoms with Gasteiger partial charge in [-0.1, -0.05) is 36.4 Å². The number of ether oxygens (including phenoxy) is 2. The van der Waals surface area contributed by atoms with Crippen molar-refractivity contribution in [3.63, 3.8) is 0 Å². The van der Waals surface area contributed by atoms with Gasteiger partial charge >= 0.3 is 0 Å². The predicted octanol–water partition coefficient (Wildman–Crippen LogP) is 4.15. The highest BCUT2D eigenvalue weighted by Crippen LogP contribution is 2.33. The Kier molecular flexibility index (Phi) is 10.2. The molecule has 40 heavy (non-hydrogen) atoms. The molecule has 0 aromatic heterocycles. The van der Waals surface area contributed by atoms with Crippen LogP contribution in [0.15, 0.2) is 77.7 Å². The Morgan fingerprint density at radius 3 is 2.23 bits per heavy atom. The van der Waals surface area contributed by atoms with Crippen LogP contribution >= 0.6 is 0 Å². The molecular weight excluding hydrogens is 530 g/mol. The first-order chi connectivity index (χ1) is 19.0. The third-order valence-electron chi connectivity index (χ3n) is 6.30. The normalized spacial score (nSPS) is 12.0. The molecule has 2 amide bonds. The Morgan fingerprint density at radius 1 is 0.900 bits per heavy atom. The van der Waals surface area contributed by atoms with Crippen LogP contribution in [0, 0.1) is 6.92 Å². The molecule has 0 aliphatic carbocycles. The molecule has 0 saturated heterocycles. The quantitative estimate of drug-likeness (QED) is 0.353. The molecule has 0 aliphatic heterocycles. The number of aryl methyl sites for hydroxylation is 1. The summed E-state index contributed by atoms with van der Waals surface area (Å²) < 4.78 is 39.8. The summed E-state index contributed by atoms with van der Waals surface area (Å²) in [4.78, 5) is 28.5. The highest BCUT2D eigenvalue weighted by atomic mass is 32.2. The van der Waals surface area contributed by atoms with E-state index in [-0.39, 0.29) is 29.1 Å². The van der Waals surface area contributed by atoms with Crippen molar-refractivity contribution in [3.8, 4) is 11.5 Å². The first kappa shape index (κ1) is 30.5. The molecule has 0 aliphatic rings. The van der Waals surface area contributed by atoms with Crippen LogP contribution in [0.2, 0.25) is 0 Å². The molecule has 0 heterocycles. The Balaban J connectivity index is 2.10. The lowest BCUT2D eigenvalue weighted by Gasteiger charge is -2.32. The van der Waals surface area contributed by atoms with E-state index in [1.807, 2.05) is 26.8 Å². The largest absolute Gasteiger partial charge is 0.497 e. The van der Waals surface area contributed by atoms with Crippen molar-refractivity contribution in [2.45, 2.75) is 51.2 Å². The lowest BCUT2D eigenvalue weighted by Crippen LogP contribution is -2.52. The number of rotatable bonds is 12. The number of hydrogen-bond donors (Lipinski definition) is 1. The van der Waals surface area contributed by atoms with Crippen molar-refractivity contribution in [2.24, 2.45) is 0 Å². The minimum atomic E-state index is -4.20. The minimum Gasteiger partial charge on any atom is -0.497 e. The fraction of sp³-hybridized carbons (Fsp3) is 0.333. The second-order valence-electron chi connectivity index (χ2n) is 9.71. The fourth-order valence-electron chi connectivity index (χ4n) is 4.18. The van der Waals surface area contributed by atoms with Gasteiger partial charge in [0.25, 0.3) is 10.0 Å². The number of amides is 2. The van der Waals surface area contributed by atoms with Crippen LogP contribution in [0.4, 0.5) is 5.69 Å². The molecule has 1 unspecified atom stereocenters. The number of methoxy groups -OCH3 is 2. The van der Waals surface area contributed by atoms with E-state index in [1.54, 1.807) is 68.6 Å². The van der Waals surface area contributed by atoms with Crippen LogP contribution in [-0.4, -0.2) is 58.0 Å². The average molecular weight is 568 g/mol. The maximum atomic E-state index is 14.0. The number of hydrogen-bond acceptors (Lipinski definition) is 6. The van der Waals surface area contributed by atoms with Gasteiger partial charge in [0.2, 0.25) is 11.8 Å². The standard InChI is InChI=1S/C30H37N3O6S/c1-21(2)31-30(35)23(4)32(19-24-11-10-12-25(18-24)38-5)29(34)20-33(27-17-22(3)15-16-28(27)39-6)40(36,37)26-13-8-7-9-14-26/h7-18,21,23H,19-20H2,1-6H3,(H,31,35). The van der Waals surface area contributed by atoms with Gasteiger partial charge in [0.1, 0.15) is 24.1 Å². The summed E-state index contributed by atoms with van der Waals surface area (Å²) in [5, 5.41) is 2.84. The second kappa shape index (κ2) is 13.3. The number of carbonyl (C=O) groups excluding carboxylic acids is 2. The molecule has 10 heteroatoms. The molecule has 1 atom stereocenters. The van der Waals surface area contributed by atoms with Crippen molar-refractivity contribution in [3.05, 3.63) is 83.9 Å². The molecule has 0 saturated carbocycles. The van der Waals surface area contributed by atoms with Crippen LogP contribution < -0.4 is 19.1 Å². The van der Waals surface area contributed by atoms with Crippen LogP contribution in [-0.2, 0) is 26.2 Å².